The highest BCUT2D eigenvalue weighted by Gasteiger charge is 2.37. The van der Waals surface area contributed by atoms with Crippen molar-refractivity contribution in [1.82, 2.24) is 9.78 Å². The zero-order chi connectivity index (χ0) is 17.2. The number of alkyl halides is 3. The summed E-state index contributed by atoms with van der Waals surface area (Å²) >= 11 is 5.77. The molecule has 0 saturated carbocycles. The van der Waals surface area contributed by atoms with Crippen LogP contribution in [0.2, 0.25) is 5.02 Å². The molecule has 4 nitrogen and oxygen atoms in total. The van der Waals surface area contributed by atoms with Gasteiger partial charge in [-0.15, -0.1) is 6.42 Å². The van der Waals surface area contributed by atoms with Crippen LogP contribution in [-0.2, 0) is 6.18 Å². The Kier molecular flexibility index (Phi) is 4.48. The average molecular weight is 344 g/mol. The molecule has 1 aromatic heterocycles. The van der Waals surface area contributed by atoms with Crippen molar-refractivity contribution in [3.8, 4) is 29.8 Å². The molecule has 0 amide bonds. The molecule has 0 N–H and O–H groups in total. The normalized spacial score (nSPS) is 10.9. The summed E-state index contributed by atoms with van der Waals surface area (Å²) < 4.78 is 58.0. The van der Waals surface area contributed by atoms with Crippen LogP contribution in [0.15, 0.2) is 18.3 Å². The number of hydrogen-bond donors (Lipinski definition) is 0. The highest BCUT2D eigenvalue weighted by Crippen LogP contribution is 2.34. The predicted octanol–water partition coefficient (Wildman–Crippen LogP) is 3.57. The van der Waals surface area contributed by atoms with Crippen molar-refractivity contribution in [3.05, 3.63) is 40.4 Å². The SMILES string of the molecule is C#CCOc1cc(-n2ncc(C(F)(F)F)c2C#N)c(F)cc1Cl. The summed E-state index contributed by atoms with van der Waals surface area (Å²) in [5, 5.41) is 12.3. The van der Waals surface area contributed by atoms with Gasteiger partial charge in [-0.3, -0.25) is 0 Å². The Bertz CT molecular complexity index is 830. The maximum Gasteiger partial charge on any atom is 0.420 e. The van der Waals surface area contributed by atoms with Gasteiger partial charge in [0.05, 0.1) is 11.2 Å². The summed E-state index contributed by atoms with van der Waals surface area (Å²) in [5.41, 5.74) is -2.56. The first kappa shape index (κ1) is 16.7. The lowest BCUT2D eigenvalue weighted by molar-refractivity contribution is -0.137. The highest BCUT2D eigenvalue weighted by molar-refractivity contribution is 6.32. The van der Waals surface area contributed by atoms with Crippen molar-refractivity contribution in [3.63, 3.8) is 0 Å². The van der Waals surface area contributed by atoms with Gasteiger partial charge in [-0.05, 0) is 6.07 Å². The van der Waals surface area contributed by atoms with Crippen LogP contribution in [0.25, 0.3) is 5.69 Å². The van der Waals surface area contributed by atoms with E-state index < -0.39 is 28.9 Å². The summed E-state index contributed by atoms with van der Waals surface area (Å²) in [5.74, 6) is 1.14. The number of hydrogen-bond acceptors (Lipinski definition) is 3. The Labute approximate surface area is 132 Å². The van der Waals surface area contributed by atoms with Gasteiger partial charge in [0.1, 0.15) is 29.7 Å². The third-order valence-electron chi connectivity index (χ3n) is 2.72. The molecule has 0 aliphatic rings. The molecule has 1 aromatic carbocycles. The molecule has 0 spiro atoms. The fourth-order valence-electron chi connectivity index (χ4n) is 1.76. The average Bonchev–Trinajstić information content (AvgIpc) is 2.90. The first-order valence-electron chi connectivity index (χ1n) is 5.90. The molecule has 1 heterocycles. The van der Waals surface area contributed by atoms with Crippen LogP contribution in [-0.4, -0.2) is 16.4 Å². The van der Waals surface area contributed by atoms with Gasteiger partial charge in [0.2, 0.25) is 0 Å². The lowest BCUT2D eigenvalue weighted by atomic mass is 10.2. The summed E-state index contributed by atoms with van der Waals surface area (Å²) in [6, 6.07) is 3.21. The van der Waals surface area contributed by atoms with E-state index in [0.717, 1.165) is 12.1 Å². The Morgan fingerprint density at radius 3 is 2.65 bits per heavy atom. The van der Waals surface area contributed by atoms with Crippen LogP contribution in [0.4, 0.5) is 17.6 Å². The van der Waals surface area contributed by atoms with E-state index >= 15 is 0 Å². The minimum atomic E-state index is -4.80. The van der Waals surface area contributed by atoms with E-state index in [9.17, 15) is 17.6 Å². The molecule has 0 unspecified atom stereocenters. The van der Waals surface area contributed by atoms with Crippen LogP contribution in [0.3, 0.4) is 0 Å². The zero-order valence-corrected chi connectivity index (χ0v) is 11.9. The van der Waals surface area contributed by atoms with Gasteiger partial charge in [-0.2, -0.15) is 23.5 Å². The van der Waals surface area contributed by atoms with E-state index in [4.69, 9.17) is 28.0 Å². The topological polar surface area (TPSA) is 50.8 Å². The molecule has 118 valence electrons. The molecule has 0 atom stereocenters. The number of halogens is 5. The predicted molar refractivity (Wildman–Crippen MR) is 72.6 cm³/mol. The van der Waals surface area contributed by atoms with Gasteiger partial charge >= 0.3 is 6.18 Å². The van der Waals surface area contributed by atoms with E-state index in [0.29, 0.717) is 10.9 Å². The van der Waals surface area contributed by atoms with Crippen molar-refractivity contribution in [2.24, 2.45) is 0 Å². The second-order valence-electron chi connectivity index (χ2n) is 4.16. The summed E-state index contributed by atoms with van der Waals surface area (Å²) in [4.78, 5) is 0. The van der Waals surface area contributed by atoms with Gasteiger partial charge < -0.3 is 4.74 Å². The lowest BCUT2D eigenvalue weighted by Gasteiger charge is -2.10. The van der Waals surface area contributed by atoms with E-state index in [1.807, 2.05) is 0 Å². The Morgan fingerprint density at radius 1 is 1.39 bits per heavy atom. The fourth-order valence-corrected chi connectivity index (χ4v) is 1.96. The molecule has 0 saturated heterocycles. The van der Waals surface area contributed by atoms with Crippen molar-refractivity contribution < 1.29 is 22.3 Å². The van der Waals surface area contributed by atoms with Crippen molar-refractivity contribution in [2.75, 3.05) is 6.61 Å². The van der Waals surface area contributed by atoms with E-state index in [1.54, 1.807) is 0 Å². The second kappa shape index (κ2) is 6.19. The number of nitriles is 1. The standard InChI is InChI=1S/C14H6ClF4N3O/c1-2-3-23-13-5-11(10(16)4-9(13)15)22-12(6-20)8(7-21-22)14(17,18)19/h1,4-5,7H,3H2. The number of rotatable bonds is 3. The van der Waals surface area contributed by atoms with Gasteiger partial charge in [-0.25, -0.2) is 9.07 Å². The first-order chi connectivity index (χ1) is 10.8. The summed E-state index contributed by atoms with van der Waals surface area (Å²) in [7, 11) is 0. The number of ether oxygens (including phenoxy) is 1. The Hall–Kier alpha value is -2.71. The number of benzene rings is 1. The minimum Gasteiger partial charge on any atom is -0.479 e. The van der Waals surface area contributed by atoms with Crippen LogP contribution < -0.4 is 4.74 Å². The van der Waals surface area contributed by atoms with Crippen molar-refractivity contribution in [1.29, 1.82) is 5.26 Å². The second-order valence-corrected chi connectivity index (χ2v) is 4.56. The molecule has 0 radical (unpaired) electrons. The van der Waals surface area contributed by atoms with Gasteiger partial charge in [0.25, 0.3) is 0 Å². The molecule has 23 heavy (non-hydrogen) atoms. The van der Waals surface area contributed by atoms with Crippen LogP contribution in [0, 0.1) is 29.5 Å². The van der Waals surface area contributed by atoms with Crippen LogP contribution >= 0.6 is 11.6 Å². The maximum atomic E-state index is 14.0. The minimum absolute atomic E-state index is 0.0473. The monoisotopic (exact) mass is 343 g/mol. The third kappa shape index (κ3) is 3.22. The van der Waals surface area contributed by atoms with Crippen LogP contribution in [0.1, 0.15) is 11.3 Å². The largest absolute Gasteiger partial charge is 0.479 e. The number of nitrogens with zero attached hydrogens (tertiary/aromatic N) is 3. The van der Waals surface area contributed by atoms with Crippen molar-refractivity contribution >= 4 is 11.6 Å². The summed E-state index contributed by atoms with van der Waals surface area (Å²) in [6.07, 6.45) is 0.667. The Morgan fingerprint density at radius 2 is 2.09 bits per heavy atom. The molecule has 0 fully saturated rings. The molecule has 0 bridgehead atoms. The molecule has 9 heteroatoms. The smallest absolute Gasteiger partial charge is 0.420 e. The van der Waals surface area contributed by atoms with E-state index in [-0.39, 0.29) is 17.4 Å². The van der Waals surface area contributed by atoms with E-state index in [2.05, 4.69) is 11.0 Å². The molecule has 2 aromatic rings. The lowest BCUT2D eigenvalue weighted by Crippen LogP contribution is -2.09. The molecule has 2 rings (SSSR count). The molecule has 0 aliphatic carbocycles. The van der Waals surface area contributed by atoms with Gasteiger partial charge in [-0.1, -0.05) is 17.5 Å². The van der Waals surface area contributed by atoms with Crippen LogP contribution in [0.5, 0.6) is 5.75 Å². The highest BCUT2D eigenvalue weighted by atomic mass is 35.5. The quantitative estimate of drug-likeness (QED) is 0.632. The maximum absolute atomic E-state index is 14.0. The Balaban J connectivity index is 2.62. The van der Waals surface area contributed by atoms with E-state index in [1.165, 1.54) is 6.07 Å². The molecular weight excluding hydrogens is 338 g/mol. The summed E-state index contributed by atoms with van der Waals surface area (Å²) in [6.45, 7) is -0.178. The van der Waals surface area contributed by atoms with Gasteiger partial charge in [0.15, 0.2) is 11.5 Å². The molecule has 0 aliphatic heterocycles. The number of aromatic nitrogens is 2. The zero-order valence-electron chi connectivity index (χ0n) is 11.2. The first-order valence-corrected chi connectivity index (χ1v) is 6.28. The molecular formula is C14H6ClF4N3O. The number of terminal acetylenes is 1. The van der Waals surface area contributed by atoms with Gasteiger partial charge in [0, 0.05) is 6.07 Å². The third-order valence-corrected chi connectivity index (χ3v) is 3.02. The van der Waals surface area contributed by atoms with Crippen molar-refractivity contribution in [2.45, 2.75) is 6.18 Å². The fraction of sp³-hybridized carbons (Fsp3) is 0.143.